The van der Waals surface area contributed by atoms with Crippen LogP contribution >= 0.6 is 0 Å². The van der Waals surface area contributed by atoms with Crippen LogP contribution in [0.5, 0.6) is 5.75 Å². The first-order valence-corrected chi connectivity index (χ1v) is 6.63. The van der Waals surface area contributed by atoms with Crippen molar-refractivity contribution < 1.29 is 14.3 Å². The number of amides is 1. The molecule has 4 heteroatoms. The topological polar surface area (TPSA) is 38.8 Å². The molecule has 1 aliphatic rings. The number of carbonyl (C=O) groups is 1. The standard InChI is InChI=1S/C15H21NO3/c1-18-11-12-7-8-16(10-12)15(17)9-13-5-3-4-6-14(13)19-2/h3-6,12H,7-11H2,1-2H3/t12-/m0/s1. The van der Waals surface area contributed by atoms with Crippen LogP contribution in [-0.2, 0) is 16.0 Å². The number of rotatable bonds is 5. The Balaban J connectivity index is 1.94. The molecule has 0 unspecified atom stereocenters. The third kappa shape index (κ3) is 3.47. The average molecular weight is 263 g/mol. The van der Waals surface area contributed by atoms with E-state index in [0.717, 1.165) is 37.4 Å². The fraction of sp³-hybridized carbons (Fsp3) is 0.533. The van der Waals surface area contributed by atoms with Crippen molar-refractivity contribution in [2.75, 3.05) is 33.9 Å². The van der Waals surface area contributed by atoms with Gasteiger partial charge in [0.1, 0.15) is 5.75 Å². The van der Waals surface area contributed by atoms with Crippen LogP contribution in [0.15, 0.2) is 24.3 Å². The van der Waals surface area contributed by atoms with E-state index in [4.69, 9.17) is 9.47 Å². The molecule has 104 valence electrons. The summed E-state index contributed by atoms with van der Waals surface area (Å²) in [6.07, 6.45) is 1.44. The van der Waals surface area contributed by atoms with Gasteiger partial charge >= 0.3 is 0 Å². The second-order valence-corrected chi connectivity index (χ2v) is 4.94. The Bertz CT molecular complexity index is 433. The fourth-order valence-corrected chi connectivity index (χ4v) is 2.55. The summed E-state index contributed by atoms with van der Waals surface area (Å²) in [5.41, 5.74) is 0.949. The van der Waals surface area contributed by atoms with Crippen LogP contribution in [0.3, 0.4) is 0 Å². The van der Waals surface area contributed by atoms with Crippen molar-refractivity contribution in [2.24, 2.45) is 5.92 Å². The highest BCUT2D eigenvalue weighted by Crippen LogP contribution is 2.21. The van der Waals surface area contributed by atoms with Gasteiger partial charge in [-0.2, -0.15) is 0 Å². The van der Waals surface area contributed by atoms with Gasteiger partial charge < -0.3 is 14.4 Å². The van der Waals surface area contributed by atoms with Crippen LogP contribution in [0.1, 0.15) is 12.0 Å². The zero-order valence-electron chi connectivity index (χ0n) is 11.6. The maximum Gasteiger partial charge on any atom is 0.227 e. The lowest BCUT2D eigenvalue weighted by molar-refractivity contribution is -0.129. The van der Waals surface area contributed by atoms with Crippen molar-refractivity contribution in [3.05, 3.63) is 29.8 Å². The fourth-order valence-electron chi connectivity index (χ4n) is 2.55. The molecule has 1 aromatic carbocycles. The number of methoxy groups -OCH3 is 2. The van der Waals surface area contributed by atoms with E-state index in [-0.39, 0.29) is 5.91 Å². The normalized spacial score (nSPS) is 18.6. The number of hydrogen-bond acceptors (Lipinski definition) is 3. The third-order valence-electron chi connectivity index (χ3n) is 3.58. The lowest BCUT2D eigenvalue weighted by Gasteiger charge is -2.17. The van der Waals surface area contributed by atoms with E-state index >= 15 is 0 Å². The quantitative estimate of drug-likeness (QED) is 0.812. The average Bonchev–Trinajstić information content (AvgIpc) is 2.88. The largest absolute Gasteiger partial charge is 0.496 e. The minimum absolute atomic E-state index is 0.170. The maximum atomic E-state index is 12.3. The molecule has 1 atom stereocenters. The van der Waals surface area contributed by atoms with Crippen molar-refractivity contribution in [2.45, 2.75) is 12.8 Å². The third-order valence-corrected chi connectivity index (χ3v) is 3.58. The van der Waals surface area contributed by atoms with E-state index in [0.29, 0.717) is 12.3 Å². The Hall–Kier alpha value is -1.55. The maximum absolute atomic E-state index is 12.3. The minimum Gasteiger partial charge on any atom is -0.496 e. The molecule has 4 nitrogen and oxygen atoms in total. The van der Waals surface area contributed by atoms with Gasteiger partial charge in [-0.3, -0.25) is 4.79 Å². The predicted octanol–water partition coefficient (Wildman–Crippen LogP) is 1.73. The van der Waals surface area contributed by atoms with E-state index in [1.807, 2.05) is 29.2 Å². The molecule has 1 heterocycles. The van der Waals surface area contributed by atoms with E-state index in [9.17, 15) is 4.79 Å². The van der Waals surface area contributed by atoms with Crippen molar-refractivity contribution in [1.29, 1.82) is 0 Å². The number of carbonyl (C=O) groups excluding carboxylic acids is 1. The van der Waals surface area contributed by atoms with E-state index in [1.54, 1.807) is 14.2 Å². The first-order chi connectivity index (χ1) is 9.24. The zero-order chi connectivity index (χ0) is 13.7. The smallest absolute Gasteiger partial charge is 0.227 e. The van der Waals surface area contributed by atoms with Gasteiger partial charge in [0.05, 0.1) is 20.1 Å². The van der Waals surface area contributed by atoms with Crippen LogP contribution in [0.25, 0.3) is 0 Å². The van der Waals surface area contributed by atoms with Crippen molar-refractivity contribution in [1.82, 2.24) is 4.90 Å². The Labute approximate surface area is 114 Å². The molecular weight excluding hydrogens is 242 g/mol. The molecule has 1 amide bonds. The summed E-state index contributed by atoms with van der Waals surface area (Å²) in [5.74, 6) is 1.43. The molecule has 0 aliphatic carbocycles. The van der Waals surface area contributed by atoms with Crippen LogP contribution < -0.4 is 4.74 Å². The molecule has 1 aliphatic heterocycles. The van der Waals surface area contributed by atoms with Crippen molar-refractivity contribution in [3.8, 4) is 5.75 Å². The van der Waals surface area contributed by atoms with Crippen molar-refractivity contribution in [3.63, 3.8) is 0 Å². The SMILES string of the molecule is COC[C@H]1CCN(C(=O)Cc2ccccc2OC)C1. The molecule has 2 rings (SSSR count). The molecule has 0 bridgehead atoms. The second kappa shape index (κ2) is 6.57. The molecule has 0 aromatic heterocycles. The molecule has 1 fully saturated rings. The molecule has 19 heavy (non-hydrogen) atoms. The predicted molar refractivity (Wildman–Crippen MR) is 73.3 cm³/mol. The van der Waals surface area contributed by atoms with Gasteiger partial charge in [0.15, 0.2) is 0 Å². The summed E-state index contributed by atoms with van der Waals surface area (Å²) in [4.78, 5) is 14.2. The number of likely N-dealkylation sites (tertiary alicyclic amines) is 1. The van der Waals surface area contributed by atoms with Gasteiger partial charge in [-0.1, -0.05) is 18.2 Å². The van der Waals surface area contributed by atoms with Gasteiger partial charge in [0, 0.05) is 31.7 Å². The van der Waals surface area contributed by atoms with Gasteiger partial charge in [-0.15, -0.1) is 0 Å². The summed E-state index contributed by atoms with van der Waals surface area (Å²) in [5, 5.41) is 0. The Kier molecular flexibility index (Phi) is 4.80. The molecule has 1 saturated heterocycles. The number of hydrogen-bond donors (Lipinski definition) is 0. The number of benzene rings is 1. The zero-order valence-corrected chi connectivity index (χ0v) is 11.6. The number of para-hydroxylation sites is 1. The summed E-state index contributed by atoms with van der Waals surface area (Å²) in [6, 6.07) is 7.68. The summed E-state index contributed by atoms with van der Waals surface area (Å²) in [7, 11) is 3.34. The van der Waals surface area contributed by atoms with E-state index in [1.165, 1.54) is 0 Å². The highest BCUT2D eigenvalue weighted by Gasteiger charge is 2.26. The molecule has 0 spiro atoms. The summed E-state index contributed by atoms with van der Waals surface area (Å²) < 4.78 is 10.4. The Morgan fingerprint density at radius 3 is 2.89 bits per heavy atom. The number of nitrogens with zero attached hydrogens (tertiary/aromatic N) is 1. The van der Waals surface area contributed by atoms with Crippen LogP contribution in [0.2, 0.25) is 0 Å². The minimum atomic E-state index is 0.170. The monoisotopic (exact) mass is 263 g/mol. The first kappa shape index (κ1) is 13.9. The van der Waals surface area contributed by atoms with Crippen molar-refractivity contribution >= 4 is 5.91 Å². The van der Waals surface area contributed by atoms with Gasteiger partial charge in [0.25, 0.3) is 0 Å². The van der Waals surface area contributed by atoms with Crippen LogP contribution in [0, 0.1) is 5.92 Å². The van der Waals surface area contributed by atoms with Gasteiger partial charge in [-0.05, 0) is 12.5 Å². The highest BCUT2D eigenvalue weighted by molar-refractivity contribution is 5.79. The van der Waals surface area contributed by atoms with Crippen LogP contribution in [0.4, 0.5) is 0 Å². The lowest BCUT2D eigenvalue weighted by atomic mass is 10.1. The Morgan fingerprint density at radius 2 is 2.16 bits per heavy atom. The van der Waals surface area contributed by atoms with Crippen LogP contribution in [-0.4, -0.2) is 44.7 Å². The molecule has 0 radical (unpaired) electrons. The van der Waals surface area contributed by atoms with E-state index < -0.39 is 0 Å². The van der Waals surface area contributed by atoms with Gasteiger partial charge in [-0.25, -0.2) is 0 Å². The molecule has 0 saturated carbocycles. The molecule has 0 N–H and O–H groups in total. The summed E-state index contributed by atoms with van der Waals surface area (Å²) in [6.45, 7) is 2.38. The second-order valence-electron chi connectivity index (χ2n) is 4.94. The lowest BCUT2D eigenvalue weighted by Crippen LogP contribution is -2.30. The molecular formula is C15H21NO3. The first-order valence-electron chi connectivity index (χ1n) is 6.63. The van der Waals surface area contributed by atoms with Gasteiger partial charge in [0.2, 0.25) is 5.91 Å². The highest BCUT2D eigenvalue weighted by atomic mass is 16.5. The Morgan fingerprint density at radius 1 is 1.37 bits per heavy atom. The number of ether oxygens (including phenoxy) is 2. The molecule has 1 aromatic rings. The summed E-state index contributed by atoms with van der Waals surface area (Å²) >= 11 is 0. The van der Waals surface area contributed by atoms with E-state index in [2.05, 4.69) is 0 Å².